The zero-order valence-corrected chi connectivity index (χ0v) is 13.2. The summed E-state index contributed by atoms with van der Waals surface area (Å²) in [4.78, 5) is 3.07. The molecule has 0 N–H and O–H groups in total. The van der Waals surface area contributed by atoms with Gasteiger partial charge in [-0.05, 0) is 34.7 Å². The van der Waals surface area contributed by atoms with E-state index in [4.69, 9.17) is 0 Å². The Labute approximate surface area is 138 Å². The minimum Gasteiger partial charge on any atom is -0.146 e. The van der Waals surface area contributed by atoms with Gasteiger partial charge in [0.2, 0.25) is 5.82 Å². The molecule has 2 aromatic carbocycles. The van der Waals surface area contributed by atoms with Crippen LogP contribution in [0.25, 0.3) is 23.0 Å². The van der Waals surface area contributed by atoms with E-state index in [-0.39, 0.29) is 5.95 Å². The van der Waals surface area contributed by atoms with Crippen molar-refractivity contribution in [1.29, 1.82) is 0 Å². The largest absolute Gasteiger partial charge is 0.309 e. The lowest BCUT2D eigenvalue weighted by molar-refractivity contribution is -0.741. The first-order valence-corrected chi connectivity index (χ1v) is 7.51. The lowest BCUT2D eigenvalue weighted by atomic mass is 10.2. The maximum Gasteiger partial charge on any atom is 0.309 e. The number of hydrogen-bond acceptors (Lipinski definition) is 5. The normalized spacial score (nSPS) is 10.8. The molecule has 0 atom stereocenters. The minimum absolute atomic E-state index is 0.252. The molecule has 0 bridgehead atoms. The molecule has 0 amide bonds. The van der Waals surface area contributed by atoms with Crippen molar-refractivity contribution in [3.63, 3.8) is 0 Å². The first kappa shape index (κ1) is 13.7. The van der Waals surface area contributed by atoms with Gasteiger partial charge < -0.3 is 0 Å². The molecule has 0 aliphatic heterocycles. The Kier molecular flexibility index (Phi) is 3.39. The number of tetrazole rings is 2. The van der Waals surface area contributed by atoms with Crippen molar-refractivity contribution in [3.8, 4) is 23.0 Å². The zero-order valence-electron chi connectivity index (χ0n) is 11.7. The van der Waals surface area contributed by atoms with Gasteiger partial charge in [0.15, 0.2) is 0 Å². The second-order valence-electron chi connectivity index (χ2n) is 4.62. The highest BCUT2D eigenvalue weighted by Gasteiger charge is 2.15. The molecule has 0 aliphatic rings. The van der Waals surface area contributed by atoms with Crippen LogP contribution >= 0.6 is 15.9 Å². The van der Waals surface area contributed by atoms with E-state index in [0.29, 0.717) is 5.82 Å². The van der Waals surface area contributed by atoms with Crippen LogP contribution in [0.2, 0.25) is 0 Å². The van der Waals surface area contributed by atoms with E-state index in [1.807, 2.05) is 54.6 Å². The standard InChI is InChI=1S/C14H9BrN8/c15-11-6-8-12(9-7-11)22-18-13(10-4-2-1-3-5-10)19-23(22)14-16-20-21-17-14/h1-9H. The van der Waals surface area contributed by atoms with E-state index >= 15 is 0 Å². The van der Waals surface area contributed by atoms with Gasteiger partial charge in [0, 0.05) is 10.0 Å². The number of aromatic nitrogens is 8. The SMILES string of the molecule is Brc1ccc(-n2nc(-c3ccccc3)n[n+]2-c2nnn[n-]2)cc1. The molecule has 4 aromatic rings. The molecule has 8 nitrogen and oxygen atoms in total. The highest BCUT2D eigenvalue weighted by Crippen LogP contribution is 2.15. The molecule has 112 valence electrons. The monoisotopic (exact) mass is 368 g/mol. The molecular formula is C14H9BrN8. The third kappa shape index (κ3) is 2.61. The van der Waals surface area contributed by atoms with Crippen LogP contribution in [0.15, 0.2) is 59.1 Å². The molecule has 23 heavy (non-hydrogen) atoms. The van der Waals surface area contributed by atoms with Crippen LogP contribution in [0, 0.1) is 0 Å². The van der Waals surface area contributed by atoms with E-state index in [1.54, 1.807) is 4.80 Å². The lowest BCUT2D eigenvalue weighted by Gasteiger charge is -2.04. The molecule has 2 heterocycles. The van der Waals surface area contributed by atoms with Gasteiger partial charge in [-0.1, -0.05) is 56.5 Å². The van der Waals surface area contributed by atoms with Crippen LogP contribution in [0.1, 0.15) is 0 Å². The van der Waals surface area contributed by atoms with Gasteiger partial charge in [0.05, 0.1) is 5.69 Å². The molecular weight excluding hydrogens is 360 g/mol. The molecule has 2 aromatic heterocycles. The molecule has 0 aliphatic carbocycles. The Morgan fingerprint density at radius 3 is 2.48 bits per heavy atom. The molecule has 0 saturated heterocycles. The van der Waals surface area contributed by atoms with Gasteiger partial charge in [-0.15, -0.1) is 19.8 Å². The second-order valence-corrected chi connectivity index (χ2v) is 5.54. The molecule has 0 fully saturated rings. The Hall–Kier alpha value is -2.94. The van der Waals surface area contributed by atoms with E-state index in [1.165, 1.54) is 4.80 Å². The number of nitrogens with zero attached hydrogens (tertiary/aromatic N) is 8. The van der Waals surface area contributed by atoms with Gasteiger partial charge >= 0.3 is 5.95 Å². The maximum atomic E-state index is 4.55. The fourth-order valence-corrected chi connectivity index (χ4v) is 2.34. The van der Waals surface area contributed by atoms with Crippen molar-refractivity contribution in [2.45, 2.75) is 0 Å². The average Bonchev–Trinajstić information content (AvgIpc) is 3.26. The van der Waals surface area contributed by atoms with Gasteiger partial charge in [-0.25, -0.2) is 0 Å². The Bertz CT molecular complexity index is 915. The summed E-state index contributed by atoms with van der Waals surface area (Å²) in [6.07, 6.45) is 0. The first-order valence-electron chi connectivity index (χ1n) is 6.71. The van der Waals surface area contributed by atoms with Gasteiger partial charge in [-0.3, -0.25) is 0 Å². The van der Waals surface area contributed by atoms with Gasteiger partial charge in [0.25, 0.3) is 0 Å². The van der Waals surface area contributed by atoms with Crippen LogP contribution in [-0.2, 0) is 0 Å². The fourth-order valence-electron chi connectivity index (χ4n) is 2.08. The second kappa shape index (κ2) is 5.69. The molecule has 0 unspecified atom stereocenters. The smallest absolute Gasteiger partial charge is 0.146 e. The van der Waals surface area contributed by atoms with Crippen molar-refractivity contribution < 1.29 is 4.80 Å². The predicted octanol–water partition coefficient (Wildman–Crippen LogP) is 1.12. The number of benzene rings is 2. The minimum atomic E-state index is 0.252. The van der Waals surface area contributed by atoms with E-state index in [0.717, 1.165) is 15.7 Å². The van der Waals surface area contributed by atoms with Crippen molar-refractivity contribution in [1.82, 2.24) is 35.6 Å². The summed E-state index contributed by atoms with van der Waals surface area (Å²) < 4.78 is 0.976. The quantitative estimate of drug-likeness (QED) is 0.503. The Morgan fingerprint density at radius 2 is 1.78 bits per heavy atom. The van der Waals surface area contributed by atoms with Gasteiger partial charge in [-0.2, -0.15) is 0 Å². The predicted molar refractivity (Wildman–Crippen MR) is 82.7 cm³/mol. The molecule has 0 spiro atoms. The first-order chi connectivity index (χ1) is 11.3. The van der Waals surface area contributed by atoms with Crippen LogP contribution in [0.5, 0.6) is 0 Å². The van der Waals surface area contributed by atoms with E-state index in [9.17, 15) is 0 Å². The van der Waals surface area contributed by atoms with Crippen LogP contribution in [0.4, 0.5) is 0 Å². The molecule has 4 rings (SSSR count). The Morgan fingerprint density at radius 1 is 1.00 bits per heavy atom. The summed E-state index contributed by atoms with van der Waals surface area (Å²) in [7, 11) is 0. The molecule has 0 radical (unpaired) electrons. The molecule has 0 saturated carbocycles. The summed E-state index contributed by atoms with van der Waals surface area (Å²) in [5, 5.41) is 23.8. The number of halogens is 1. The Balaban J connectivity index is 1.89. The van der Waals surface area contributed by atoms with Gasteiger partial charge in [0.1, 0.15) is 0 Å². The fraction of sp³-hybridized carbons (Fsp3) is 0. The van der Waals surface area contributed by atoms with Crippen molar-refractivity contribution in [2.24, 2.45) is 0 Å². The average molecular weight is 369 g/mol. The number of hydrogen-bond donors (Lipinski definition) is 0. The van der Waals surface area contributed by atoms with Crippen LogP contribution in [0.3, 0.4) is 0 Å². The summed E-state index contributed by atoms with van der Waals surface area (Å²) >= 11 is 3.42. The van der Waals surface area contributed by atoms with E-state index < -0.39 is 0 Å². The van der Waals surface area contributed by atoms with Crippen molar-refractivity contribution >= 4 is 15.9 Å². The van der Waals surface area contributed by atoms with Crippen molar-refractivity contribution in [3.05, 3.63) is 59.1 Å². The third-order valence-electron chi connectivity index (χ3n) is 3.14. The highest BCUT2D eigenvalue weighted by atomic mass is 79.9. The lowest BCUT2D eigenvalue weighted by Crippen LogP contribution is -2.44. The van der Waals surface area contributed by atoms with Crippen molar-refractivity contribution in [2.75, 3.05) is 0 Å². The summed E-state index contributed by atoms with van der Waals surface area (Å²) in [6, 6.07) is 17.4. The maximum absolute atomic E-state index is 4.55. The third-order valence-corrected chi connectivity index (χ3v) is 3.66. The van der Waals surface area contributed by atoms with E-state index in [2.05, 4.69) is 46.8 Å². The van der Waals surface area contributed by atoms with Crippen LogP contribution < -0.4 is 9.90 Å². The summed E-state index contributed by atoms with van der Waals surface area (Å²) in [5.74, 6) is 0.806. The van der Waals surface area contributed by atoms with Crippen LogP contribution in [-0.4, -0.2) is 30.5 Å². The highest BCUT2D eigenvalue weighted by molar-refractivity contribution is 9.10. The summed E-state index contributed by atoms with van der Waals surface area (Å²) in [5.41, 5.74) is 1.71. The zero-order chi connectivity index (χ0) is 15.6. The summed E-state index contributed by atoms with van der Waals surface area (Å²) in [6.45, 7) is 0. The number of rotatable bonds is 3. The topological polar surface area (TPSA) is 87.4 Å². The molecule has 9 heteroatoms.